The van der Waals surface area contributed by atoms with Crippen molar-refractivity contribution in [3.8, 4) is 0 Å². The number of aromatic nitrogens is 2. The maximum Gasteiger partial charge on any atom is 0.311 e. The second-order valence-corrected chi connectivity index (χ2v) is 4.60. The Labute approximate surface area is 112 Å². The molecule has 2 aromatic rings. The Morgan fingerprint density at radius 1 is 1.37 bits per heavy atom. The molecule has 1 N–H and O–H groups in total. The van der Waals surface area contributed by atoms with Gasteiger partial charge in [0.05, 0.1) is 11.6 Å². The van der Waals surface area contributed by atoms with Gasteiger partial charge in [-0.25, -0.2) is 0 Å². The molecule has 2 rings (SSSR count). The van der Waals surface area contributed by atoms with E-state index in [0.717, 1.165) is 23.5 Å². The lowest BCUT2D eigenvalue weighted by Gasteiger charge is -2.13. The van der Waals surface area contributed by atoms with Gasteiger partial charge in [0.1, 0.15) is 0 Å². The van der Waals surface area contributed by atoms with Crippen molar-refractivity contribution in [1.82, 2.24) is 9.78 Å². The Balaban J connectivity index is 2.29. The predicted molar refractivity (Wildman–Crippen MR) is 73.2 cm³/mol. The Bertz CT molecular complexity index is 561. The van der Waals surface area contributed by atoms with Gasteiger partial charge in [0, 0.05) is 18.7 Å². The van der Waals surface area contributed by atoms with Crippen LogP contribution in [0, 0.1) is 6.92 Å². The SMILES string of the molecule is CCn1nc(C)cc1CC(C(=O)O)c1ccccc1. The van der Waals surface area contributed by atoms with Crippen LogP contribution in [0.15, 0.2) is 36.4 Å². The van der Waals surface area contributed by atoms with Gasteiger partial charge in [0.15, 0.2) is 0 Å². The number of benzene rings is 1. The Morgan fingerprint density at radius 2 is 2.05 bits per heavy atom. The van der Waals surface area contributed by atoms with Crippen LogP contribution in [0.4, 0.5) is 0 Å². The number of carbonyl (C=O) groups is 1. The Kier molecular flexibility index (Phi) is 4.00. The molecule has 1 aromatic heterocycles. The van der Waals surface area contributed by atoms with Gasteiger partial charge in [0.25, 0.3) is 0 Å². The van der Waals surface area contributed by atoms with Crippen LogP contribution in [0.25, 0.3) is 0 Å². The lowest BCUT2D eigenvalue weighted by atomic mass is 9.94. The number of hydrogen-bond donors (Lipinski definition) is 1. The Morgan fingerprint density at radius 3 is 2.63 bits per heavy atom. The van der Waals surface area contributed by atoms with E-state index in [0.29, 0.717) is 6.42 Å². The first kappa shape index (κ1) is 13.3. The first-order valence-electron chi connectivity index (χ1n) is 6.43. The summed E-state index contributed by atoms with van der Waals surface area (Å²) in [7, 11) is 0. The fourth-order valence-electron chi connectivity index (χ4n) is 2.28. The molecular weight excluding hydrogens is 240 g/mol. The lowest BCUT2D eigenvalue weighted by Crippen LogP contribution is -2.16. The minimum Gasteiger partial charge on any atom is -0.481 e. The highest BCUT2D eigenvalue weighted by molar-refractivity contribution is 5.76. The molecule has 0 aliphatic rings. The van der Waals surface area contributed by atoms with Crippen LogP contribution in [-0.2, 0) is 17.8 Å². The first-order valence-corrected chi connectivity index (χ1v) is 6.43. The average molecular weight is 258 g/mol. The van der Waals surface area contributed by atoms with E-state index in [1.807, 2.05) is 54.9 Å². The van der Waals surface area contributed by atoms with Crippen molar-refractivity contribution in [2.75, 3.05) is 0 Å². The number of nitrogens with zero attached hydrogens (tertiary/aromatic N) is 2. The molecule has 1 atom stereocenters. The molecule has 100 valence electrons. The van der Waals surface area contributed by atoms with Crippen LogP contribution in [-0.4, -0.2) is 20.9 Å². The van der Waals surface area contributed by atoms with E-state index in [4.69, 9.17) is 0 Å². The highest BCUT2D eigenvalue weighted by Gasteiger charge is 2.22. The van der Waals surface area contributed by atoms with Crippen molar-refractivity contribution in [2.45, 2.75) is 32.7 Å². The molecule has 1 unspecified atom stereocenters. The molecule has 0 fully saturated rings. The van der Waals surface area contributed by atoms with Crippen LogP contribution in [0.1, 0.15) is 29.8 Å². The quantitative estimate of drug-likeness (QED) is 0.897. The number of carboxylic acids is 1. The maximum absolute atomic E-state index is 11.5. The van der Waals surface area contributed by atoms with Crippen LogP contribution in [0.2, 0.25) is 0 Å². The van der Waals surface area contributed by atoms with E-state index in [9.17, 15) is 9.90 Å². The highest BCUT2D eigenvalue weighted by Crippen LogP contribution is 2.21. The molecule has 0 aliphatic carbocycles. The van der Waals surface area contributed by atoms with E-state index >= 15 is 0 Å². The number of carboxylic acid groups (broad SMARTS) is 1. The molecule has 19 heavy (non-hydrogen) atoms. The minimum absolute atomic E-state index is 0.466. The molecule has 1 aromatic carbocycles. The zero-order valence-electron chi connectivity index (χ0n) is 11.2. The van der Waals surface area contributed by atoms with Gasteiger partial charge in [-0.15, -0.1) is 0 Å². The highest BCUT2D eigenvalue weighted by atomic mass is 16.4. The summed E-state index contributed by atoms with van der Waals surface area (Å²) in [5.41, 5.74) is 2.72. The van der Waals surface area contributed by atoms with E-state index in [2.05, 4.69) is 5.10 Å². The van der Waals surface area contributed by atoms with E-state index in [-0.39, 0.29) is 0 Å². The molecule has 0 spiro atoms. The summed E-state index contributed by atoms with van der Waals surface area (Å²) in [6.07, 6.45) is 0.466. The van der Waals surface area contributed by atoms with Gasteiger partial charge < -0.3 is 5.11 Å². The topological polar surface area (TPSA) is 55.1 Å². The number of hydrogen-bond acceptors (Lipinski definition) is 2. The third kappa shape index (κ3) is 3.02. The largest absolute Gasteiger partial charge is 0.481 e. The van der Waals surface area contributed by atoms with Gasteiger partial charge in [-0.05, 0) is 25.5 Å². The molecule has 4 nitrogen and oxygen atoms in total. The third-order valence-corrected chi connectivity index (χ3v) is 3.20. The van der Waals surface area contributed by atoms with Crippen LogP contribution in [0.5, 0.6) is 0 Å². The number of rotatable bonds is 5. The van der Waals surface area contributed by atoms with Crippen LogP contribution >= 0.6 is 0 Å². The van der Waals surface area contributed by atoms with Gasteiger partial charge in [0.2, 0.25) is 0 Å². The van der Waals surface area contributed by atoms with Gasteiger partial charge in [-0.3, -0.25) is 9.48 Å². The molecule has 0 saturated carbocycles. The summed E-state index contributed by atoms with van der Waals surface area (Å²) in [6.45, 7) is 4.69. The Hall–Kier alpha value is -2.10. The molecular formula is C15H18N2O2. The van der Waals surface area contributed by atoms with Crippen molar-refractivity contribution in [3.05, 3.63) is 53.3 Å². The van der Waals surface area contributed by atoms with E-state index < -0.39 is 11.9 Å². The van der Waals surface area contributed by atoms with Gasteiger partial charge >= 0.3 is 5.97 Å². The maximum atomic E-state index is 11.5. The standard InChI is InChI=1S/C15H18N2O2/c1-3-17-13(9-11(2)16-17)10-14(15(18)19)12-7-5-4-6-8-12/h4-9,14H,3,10H2,1-2H3,(H,18,19). The smallest absolute Gasteiger partial charge is 0.311 e. The molecule has 0 radical (unpaired) electrons. The summed E-state index contributed by atoms with van der Waals surface area (Å²) < 4.78 is 1.87. The van der Waals surface area contributed by atoms with Crippen molar-refractivity contribution in [2.24, 2.45) is 0 Å². The molecule has 0 amide bonds. The third-order valence-electron chi connectivity index (χ3n) is 3.20. The summed E-state index contributed by atoms with van der Waals surface area (Å²) in [5, 5.41) is 13.8. The molecule has 4 heteroatoms. The summed E-state index contributed by atoms with van der Waals surface area (Å²) in [5.74, 6) is -1.32. The van der Waals surface area contributed by atoms with Crippen LogP contribution in [0.3, 0.4) is 0 Å². The summed E-state index contributed by atoms with van der Waals surface area (Å²) in [6, 6.07) is 11.3. The lowest BCUT2D eigenvalue weighted by molar-refractivity contribution is -0.138. The first-order chi connectivity index (χ1) is 9.11. The van der Waals surface area contributed by atoms with Gasteiger partial charge in [-0.2, -0.15) is 5.10 Å². The number of aliphatic carboxylic acids is 1. The molecule has 1 heterocycles. The summed E-state index contributed by atoms with van der Waals surface area (Å²) >= 11 is 0. The zero-order chi connectivity index (χ0) is 13.8. The minimum atomic E-state index is -0.798. The van der Waals surface area contributed by atoms with Crippen LogP contribution < -0.4 is 0 Å². The van der Waals surface area contributed by atoms with Crippen molar-refractivity contribution < 1.29 is 9.90 Å². The fraction of sp³-hybridized carbons (Fsp3) is 0.333. The van der Waals surface area contributed by atoms with E-state index in [1.54, 1.807) is 0 Å². The monoisotopic (exact) mass is 258 g/mol. The predicted octanol–water partition coefficient (Wildman–Crippen LogP) is 2.62. The van der Waals surface area contributed by atoms with E-state index in [1.165, 1.54) is 0 Å². The molecule has 0 saturated heterocycles. The normalized spacial score (nSPS) is 12.3. The second-order valence-electron chi connectivity index (χ2n) is 4.60. The fourth-order valence-corrected chi connectivity index (χ4v) is 2.28. The zero-order valence-corrected chi connectivity index (χ0v) is 11.2. The van der Waals surface area contributed by atoms with Crippen molar-refractivity contribution in [3.63, 3.8) is 0 Å². The average Bonchev–Trinajstić information content (AvgIpc) is 2.76. The number of aryl methyl sites for hydroxylation is 2. The van der Waals surface area contributed by atoms with Crippen molar-refractivity contribution >= 4 is 5.97 Å². The molecule has 0 bridgehead atoms. The van der Waals surface area contributed by atoms with Gasteiger partial charge in [-0.1, -0.05) is 30.3 Å². The van der Waals surface area contributed by atoms with Crippen molar-refractivity contribution in [1.29, 1.82) is 0 Å². The molecule has 0 aliphatic heterocycles. The second kappa shape index (κ2) is 5.69. The summed E-state index contributed by atoms with van der Waals surface area (Å²) in [4.78, 5) is 11.5.